The molecule has 0 saturated heterocycles. The number of likely N-dealkylation sites (N-methyl/N-ethyl adjacent to an activating group) is 1. The first-order valence-electron chi connectivity index (χ1n) is 12.0. The van der Waals surface area contributed by atoms with Gasteiger partial charge in [-0.2, -0.15) is 0 Å². The van der Waals surface area contributed by atoms with Crippen molar-refractivity contribution >= 4 is 17.9 Å². The van der Waals surface area contributed by atoms with Gasteiger partial charge >= 0.3 is 6.09 Å². The van der Waals surface area contributed by atoms with Crippen LogP contribution in [0.3, 0.4) is 0 Å². The normalized spacial score (nSPS) is 13.1. The minimum Gasteiger partial charge on any atom is -0.444 e. The van der Waals surface area contributed by atoms with Gasteiger partial charge in [0.05, 0.1) is 0 Å². The van der Waals surface area contributed by atoms with Crippen molar-refractivity contribution in [2.45, 2.75) is 78.6 Å². The van der Waals surface area contributed by atoms with E-state index in [1.165, 1.54) is 4.90 Å². The third kappa shape index (κ3) is 8.42. The van der Waals surface area contributed by atoms with E-state index in [0.29, 0.717) is 0 Å². The third-order valence-electron chi connectivity index (χ3n) is 5.41. The first-order chi connectivity index (χ1) is 16.3. The van der Waals surface area contributed by atoms with Gasteiger partial charge in [0, 0.05) is 19.5 Å². The fraction of sp³-hybridized carbons (Fsp3) is 0.464. The summed E-state index contributed by atoms with van der Waals surface area (Å²) in [6.07, 6.45) is -0.427. The molecule has 0 heterocycles. The standard InChI is InChI=1S/C28H39N3O4/c1-18(2)29-25(32)24(22-15-14-19(3)16-20(22)4)31(8)26(33)23(17-21-12-10-9-11-13-21)30-27(34)35-28(5,6)7/h9-16,18,23-24H,17H2,1-8H3,(H,29,32)(H,30,34). The Morgan fingerprint density at radius 1 is 0.971 bits per heavy atom. The molecule has 0 bridgehead atoms. The van der Waals surface area contributed by atoms with Gasteiger partial charge in [-0.05, 0) is 65.2 Å². The molecule has 0 fully saturated rings. The highest BCUT2D eigenvalue weighted by Gasteiger charge is 2.35. The van der Waals surface area contributed by atoms with Crippen molar-refractivity contribution in [2.24, 2.45) is 0 Å². The van der Waals surface area contributed by atoms with Crippen LogP contribution in [-0.2, 0) is 20.7 Å². The molecular weight excluding hydrogens is 442 g/mol. The second-order valence-corrected chi connectivity index (χ2v) is 10.3. The molecule has 0 spiro atoms. The van der Waals surface area contributed by atoms with E-state index in [2.05, 4.69) is 10.6 Å². The number of amides is 3. The highest BCUT2D eigenvalue weighted by molar-refractivity contribution is 5.92. The molecular formula is C28H39N3O4. The third-order valence-corrected chi connectivity index (χ3v) is 5.41. The Morgan fingerprint density at radius 3 is 2.14 bits per heavy atom. The van der Waals surface area contributed by atoms with Gasteiger partial charge in [0.25, 0.3) is 0 Å². The Hall–Kier alpha value is -3.35. The van der Waals surface area contributed by atoms with Gasteiger partial charge in [-0.15, -0.1) is 0 Å². The van der Waals surface area contributed by atoms with E-state index in [1.807, 2.05) is 76.2 Å². The number of aryl methyl sites for hydroxylation is 2. The Morgan fingerprint density at radius 2 is 1.60 bits per heavy atom. The lowest BCUT2D eigenvalue weighted by Crippen LogP contribution is -2.53. The molecule has 2 N–H and O–H groups in total. The fourth-order valence-corrected chi connectivity index (χ4v) is 3.89. The number of carbonyl (C=O) groups excluding carboxylic acids is 3. The topological polar surface area (TPSA) is 87.7 Å². The first-order valence-corrected chi connectivity index (χ1v) is 12.0. The zero-order valence-corrected chi connectivity index (χ0v) is 22.1. The average molecular weight is 482 g/mol. The Balaban J connectivity index is 2.43. The van der Waals surface area contributed by atoms with E-state index < -0.39 is 23.8 Å². The van der Waals surface area contributed by atoms with E-state index in [1.54, 1.807) is 27.8 Å². The van der Waals surface area contributed by atoms with Gasteiger partial charge in [-0.25, -0.2) is 4.79 Å². The molecule has 0 aliphatic carbocycles. The second-order valence-electron chi connectivity index (χ2n) is 10.3. The van der Waals surface area contributed by atoms with Crippen LogP contribution in [0.4, 0.5) is 4.79 Å². The van der Waals surface area contributed by atoms with Gasteiger partial charge < -0.3 is 20.3 Å². The molecule has 2 aromatic carbocycles. The molecule has 0 saturated carbocycles. The summed E-state index contributed by atoms with van der Waals surface area (Å²) in [7, 11) is 1.60. The van der Waals surface area contributed by atoms with Crippen LogP contribution in [0.2, 0.25) is 0 Å². The molecule has 0 aliphatic heterocycles. The molecule has 35 heavy (non-hydrogen) atoms. The molecule has 3 amide bonds. The summed E-state index contributed by atoms with van der Waals surface area (Å²) in [6.45, 7) is 13.0. The number of rotatable bonds is 8. The van der Waals surface area contributed by atoms with Crippen molar-refractivity contribution in [3.8, 4) is 0 Å². The monoisotopic (exact) mass is 481 g/mol. The van der Waals surface area contributed by atoms with Crippen molar-refractivity contribution in [1.82, 2.24) is 15.5 Å². The average Bonchev–Trinajstić information content (AvgIpc) is 2.73. The quantitative estimate of drug-likeness (QED) is 0.583. The van der Waals surface area contributed by atoms with Gasteiger partial charge in [-0.1, -0.05) is 54.1 Å². The van der Waals surface area contributed by atoms with Crippen molar-refractivity contribution in [3.05, 3.63) is 70.8 Å². The van der Waals surface area contributed by atoms with Crippen LogP contribution in [0.25, 0.3) is 0 Å². The SMILES string of the molecule is Cc1ccc(C(C(=O)NC(C)C)N(C)C(=O)C(Cc2ccccc2)NC(=O)OC(C)(C)C)c(C)c1. The minimum absolute atomic E-state index is 0.0979. The molecule has 2 atom stereocenters. The highest BCUT2D eigenvalue weighted by Crippen LogP contribution is 2.26. The van der Waals surface area contributed by atoms with Crippen LogP contribution >= 0.6 is 0 Å². The number of hydrogen-bond acceptors (Lipinski definition) is 4. The van der Waals surface area contributed by atoms with Crippen LogP contribution < -0.4 is 10.6 Å². The Bertz CT molecular complexity index is 1030. The van der Waals surface area contributed by atoms with E-state index in [9.17, 15) is 14.4 Å². The maximum absolute atomic E-state index is 13.8. The number of carbonyl (C=O) groups is 3. The predicted octanol–water partition coefficient (Wildman–Crippen LogP) is 4.46. The molecule has 0 aliphatic rings. The highest BCUT2D eigenvalue weighted by atomic mass is 16.6. The fourth-order valence-electron chi connectivity index (χ4n) is 3.89. The van der Waals surface area contributed by atoms with Crippen LogP contribution in [0.5, 0.6) is 0 Å². The van der Waals surface area contributed by atoms with Crippen molar-refractivity contribution in [3.63, 3.8) is 0 Å². The number of alkyl carbamates (subject to hydrolysis) is 1. The van der Waals surface area contributed by atoms with Crippen LogP contribution in [-0.4, -0.2) is 47.5 Å². The number of nitrogens with zero attached hydrogens (tertiary/aromatic N) is 1. The largest absolute Gasteiger partial charge is 0.444 e. The predicted molar refractivity (Wildman–Crippen MR) is 138 cm³/mol. The van der Waals surface area contributed by atoms with E-state index in [4.69, 9.17) is 4.74 Å². The Kier molecular flexibility index (Phi) is 9.46. The van der Waals surface area contributed by atoms with Gasteiger partial charge in [0.2, 0.25) is 11.8 Å². The zero-order chi connectivity index (χ0) is 26.3. The van der Waals surface area contributed by atoms with Gasteiger partial charge in [0.15, 0.2) is 0 Å². The van der Waals surface area contributed by atoms with E-state index >= 15 is 0 Å². The number of ether oxygens (including phenoxy) is 1. The van der Waals surface area contributed by atoms with Crippen LogP contribution in [0, 0.1) is 13.8 Å². The van der Waals surface area contributed by atoms with E-state index in [-0.39, 0.29) is 24.3 Å². The van der Waals surface area contributed by atoms with Crippen molar-refractivity contribution in [2.75, 3.05) is 7.05 Å². The number of benzene rings is 2. The summed E-state index contributed by atoms with van der Waals surface area (Å²) >= 11 is 0. The lowest BCUT2D eigenvalue weighted by molar-refractivity contribution is -0.141. The summed E-state index contributed by atoms with van der Waals surface area (Å²) in [5.41, 5.74) is 2.88. The lowest BCUT2D eigenvalue weighted by atomic mass is 9.96. The van der Waals surface area contributed by atoms with Crippen molar-refractivity contribution in [1.29, 1.82) is 0 Å². The molecule has 2 aromatic rings. The zero-order valence-electron chi connectivity index (χ0n) is 22.1. The molecule has 2 unspecified atom stereocenters. The molecule has 0 radical (unpaired) electrons. The second kappa shape index (κ2) is 11.9. The molecule has 190 valence electrons. The smallest absolute Gasteiger partial charge is 0.408 e. The summed E-state index contributed by atoms with van der Waals surface area (Å²) in [5, 5.41) is 5.66. The minimum atomic E-state index is -0.919. The number of hydrogen-bond donors (Lipinski definition) is 2. The van der Waals surface area contributed by atoms with Crippen molar-refractivity contribution < 1.29 is 19.1 Å². The van der Waals surface area contributed by atoms with Gasteiger partial charge in [0.1, 0.15) is 17.7 Å². The molecule has 7 heteroatoms. The van der Waals surface area contributed by atoms with Gasteiger partial charge in [-0.3, -0.25) is 9.59 Å². The summed E-state index contributed by atoms with van der Waals surface area (Å²) < 4.78 is 5.41. The summed E-state index contributed by atoms with van der Waals surface area (Å²) in [6, 6.07) is 13.4. The number of nitrogens with one attached hydrogen (secondary N) is 2. The summed E-state index contributed by atoms with van der Waals surface area (Å²) in [4.78, 5) is 41.1. The Labute approximate surface area is 209 Å². The molecule has 7 nitrogen and oxygen atoms in total. The lowest BCUT2D eigenvalue weighted by Gasteiger charge is -2.33. The summed E-state index contributed by atoms with van der Waals surface area (Å²) in [5.74, 6) is -0.665. The maximum atomic E-state index is 13.8. The molecule has 0 aromatic heterocycles. The van der Waals surface area contributed by atoms with E-state index in [0.717, 1.165) is 22.3 Å². The van der Waals surface area contributed by atoms with Crippen LogP contribution in [0.1, 0.15) is 62.9 Å². The first kappa shape index (κ1) is 27.9. The molecule has 2 rings (SSSR count). The maximum Gasteiger partial charge on any atom is 0.408 e. The van der Waals surface area contributed by atoms with Crippen LogP contribution in [0.15, 0.2) is 48.5 Å².